The molecule has 0 heterocycles. The van der Waals surface area contributed by atoms with Crippen molar-refractivity contribution in [2.75, 3.05) is 37.4 Å². The lowest BCUT2D eigenvalue weighted by Crippen LogP contribution is -2.30. The second kappa shape index (κ2) is 9.56. The number of carbonyl (C=O) groups is 2. The van der Waals surface area contributed by atoms with Gasteiger partial charge in [0.15, 0.2) is 0 Å². The van der Waals surface area contributed by atoms with Crippen molar-refractivity contribution in [1.29, 1.82) is 0 Å². The van der Waals surface area contributed by atoms with Gasteiger partial charge in [0.2, 0.25) is 5.91 Å². The van der Waals surface area contributed by atoms with E-state index < -0.39 is 0 Å². The van der Waals surface area contributed by atoms with Gasteiger partial charge in [0.05, 0.1) is 13.2 Å². The minimum Gasteiger partial charge on any atom is -0.383 e. The van der Waals surface area contributed by atoms with E-state index >= 15 is 0 Å². The first kappa shape index (κ1) is 18.6. The molecule has 0 spiro atoms. The van der Waals surface area contributed by atoms with Gasteiger partial charge in [-0.2, -0.15) is 0 Å². The molecule has 0 aromatic heterocycles. The molecule has 0 fully saturated rings. The van der Waals surface area contributed by atoms with Gasteiger partial charge in [-0.3, -0.25) is 9.59 Å². The summed E-state index contributed by atoms with van der Waals surface area (Å²) < 4.78 is 4.92. The molecule has 2 aromatic rings. The predicted octanol–water partition coefficient (Wildman–Crippen LogP) is 2.42. The van der Waals surface area contributed by atoms with Crippen molar-refractivity contribution < 1.29 is 14.3 Å². The minimum atomic E-state index is -0.187. The number of methoxy groups -OCH3 is 1. The number of rotatable bonds is 8. The summed E-state index contributed by atoms with van der Waals surface area (Å²) in [6.07, 6.45) is 0. The van der Waals surface area contributed by atoms with E-state index in [9.17, 15) is 9.59 Å². The van der Waals surface area contributed by atoms with E-state index in [4.69, 9.17) is 4.74 Å². The zero-order valence-electron chi connectivity index (χ0n) is 14.5. The zero-order valence-corrected chi connectivity index (χ0v) is 14.5. The highest BCUT2D eigenvalue weighted by Crippen LogP contribution is 2.23. The Kier molecular flexibility index (Phi) is 7.13. The van der Waals surface area contributed by atoms with Crippen molar-refractivity contribution in [1.82, 2.24) is 5.32 Å². The van der Waals surface area contributed by atoms with Crippen LogP contribution in [0.25, 0.3) is 0 Å². The average Bonchev–Trinajstić information content (AvgIpc) is 2.63. The number of anilines is 2. The van der Waals surface area contributed by atoms with E-state index in [1.54, 1.807) is 31.4 Å². The summed E-state index contributed by atoms with van der Waals surface area (Å²) in [5, 5.41) is 8.71. The molecule has 3 N–H and O–H groups in total. The van der Waals surface area contributed by atoms with E-state index in [0.717, 1.165) is 5.56 Å². The first-order valence-electron chi connectivity index (χ1n) is 8.07. The normalized spacial score (nSPS) is 10.3. The summed E-state index contributed by atoms with van der Waals surface area (Å²) >= 11 is 0. The summed E-state index contributed by atoms with van der Waals surface area (Å²) in [7, 11) is 1.61. The summed E-state index contributed by atoms with van der Waals surface area (Å²) in [6.45, 7) is 3.21. The number of hydrogen-bond donors (Lipinski definition) is 3. The first-order chi connectivity index (χ1) is 12.1. The molecule has 0 radical (unpaired) electrons. The monoisotopic (exact) mass is 341 g/mol. The third kappa shape index (κ3) is 5.70. The molecule has 0 atom stereocenters. The molecule has 2 amide bonds. The quantitative estimate of drug-likeness (QED) is 0.644. The lowest BCUT2D eigenvalue weighted by Gasteiger charge is -2.14. The molecule has 25 heavy (non-hydrogen) atoms. The van der Waals surface area contributed by atoms with Gasteiger partial charge < -0.3 is 20.7 Å². The lowest BCUT2D eigenvalue weighted by molar-refractivity contribution is -0.115. The highest BCUT2D eigenvalue weighted by molar-refractivity contribution is 6.05. The molecule has 132 valence electrons. The van der Waals surface area contributed by atoms with Gasteiger partial charge in [-0.05, 0) is 36.8 Å². The van der Waals surface area contributed by atoms with Gasteiger partial charge in [0, 0.05) is 30.6 Å². The fourth-order valence-electron chi connectivity index (χ4n) is 2.26. The van der Waals surface area contributed by atoms with Crippen LogP contribution in [0.2, 0.25) is 0 Å². The molecule has 0 unspecified atom stereocenters. The molecule has 0 bridgehead atoms. The van der Waals surface area contributed by atoms with Gasteiger partial charge >= 0.3 is 0 Å². The lowest BCUT2D eigenvalue weighted by atomic mass is 10.1. The van der Waals surface area contributed by atoms with Crippen molar-refractivity contribution in [2.45, 2.75) is 6.92 Å². The van der Waals surface area contributed by atoms with Crippen LogP contribution >= 0.6 is 0 Å². The van der Waals surface area contributed by atoms with Crippen LogP contribution in [0.1, 0.15) is 15.9 Å². The van der Waals surface area contributed by atoms with Crippen molar-refractivity contribution in [2.24, 2.45) is 0 Å². The molecule has 0 aliphatic rings. The largest absolute Gasteiger partial charge is 0.383 e. The van der Waals surface area contributed by atoms with Gasteiger partial charge in [-0.1, -0.05) is 24.3 Å². The van der Waals surface area contributed by atoms with Gasteiger partial charge in [-0.15, -0.1) is 0 Å². The Labute approximate surface area is 147 Å². The molecule has 6 nitrogen and oxygen atoms in total. The third-order valence-electron chi connectivity index (χ3n) is 3.66. The van der Waals surface area contributed by atoms with Gasteiger partial charge in [0.1, 0.15) is 0 Å². The molecule has 0 saturated carbocycles. The van der Waals surface area contributed by atoms with Crippen molar-refractivity contribution in [3.05, 3.63) is 59.7 Å². The molecule has 0 aliphatic heterocycles. The van der Waals surface area contributed by atoms with Crippen LogP contribution in [0.4, 0.5) is 11.4 Å². The number of amides is 2. The fourth-order valence-corrected chi connectivity index (χ4v) is 2.26. The summed E-state index contributed by atoms with van der Waals surface area (Å²) in [5.74, 6) is -0.334. The Morgan fingerprint density at radius 3 is 2.32 bits per heavy atom. The molecule has 0 saturated heterocycles. The highest BCUT2D eigenvalue weighted by atomic mass is 16.5. The maximum atomic E-state index is 12.3. The number of ether oxygens (including phenoxy) is 1. The maximum Gasteiger partial charge on any atom is 0.255 e. The van der Waals surface area contributed by atoms with Crippen LogP contribution in [-0.4, -0.2) is 38.6 Å². The molecular formula is C19H23N3O3. The Hall–Kier alpha value is -2.70. The topological polar surface area (TPSA) is 79.5 Å². The second-order valence-electron chi connectivity index (χ2n) is 5.52. The predicted molar refractivity (Wildman–Crippen MR) is 98.9 cm³/mol. The SMILES string of the molecule is COCCNCC(=O)Nc1cccc(NC(=O)c2ccccc2)c1C. The van der Waals surface area contributed by atoms with Crippen LogP contribution in [0.5, 0.6) is 0 Å². The highest BCUT2D eigenvalue weighted by Gasteiger charge is 2.11. The van der Waals surface area contributed by atoms with Gasteiger partial charge in [-0.25, -0.2) is 0 Å². The number of nitrogens with one attached hydrogen (secondary N) is 3. The average molecular weight is 341 g/mol. The number of benzene rings is 2. The van der Waals surface area contributed by atoms with Crippen LogP contribution in [-0.2, 0) is 9.53 Å². The van der Waals surface area contributed by atoms with Crippen molar-refractivity contribution >= 4 is 23.2 Å². The summed E-state index contributed by atoms with van der Waals surface area (Å²) in [4.78, 5) is 24.3. The van der Waals surface area contributed by atoms with E-state index in [1.807, 2.05) is 31.2 Å². The molecule has 2 aromatic carbocycles. The first-order valence-corrected chi connectivity index (χ1v) is 8.07. The summed E-state index contributed by atoms with van der Waals surface area (Å²) in [5.41, 5.74) is 2.72. The van der Waals surface area contributed by atoms with E-state index in [1.165, 1.54) is 0 Å². The van der Waals surface area contributed by atoms with Crippen LogP contribution in [0.15, 0.2) is 48.5 Å². The number of hydrogen-bond acceptors (Lipinski definition) is 4. The third-order valence-corrected chi connectivity index (χ3v) is 3.66. The summed E-state index contributed by atoms with van der Waals surface area (Å²) in [6, 6.07) is 14.4. The van der Waals surface area contributed by atoms with Crippen molar-refractivity contribution in [3.63, 3.8) is 0 Å². The maximum absolute atomic E-state index is 12.3. The van der Waals surface area contributed by atoms with Crippen LogP contribution < -0.4 is 16.0 Å². The Bertz CT molecular complexity index is 717. The molecule has 2 rings (SSSR count). The number of carbonyl (C=O) groups excluding carboxylic acids is 2. The molecule has 0 aliphatic carbocycles. The Morgan fingerprint density at radius 1 is 0.960 bits per heavy atom. The standard InChI is InChI=1S/C19H23N3O3/c1-14-16(21-18(23)13-20-11-12-25-2)9-6-10-17(14)22-19(24)15-7-4-3-5-8-15/h3-10,20H,11-13H2,1-2H3,(H,21,23)(H,22,24). The zero-order chi connectivity index (χ0) is 18.1. The van der Waals surface area contributed by atoms with E-state index in [2.05, 4.69) is 16.0 Å². The van der Waals surface area contributed by atoms with E-state index in [0.29, 0.717) is 30.1 Å². The Balaban J connectivity index is 1.99. The minimum absolute atomic E-state index is 0.147. The van der Waals surface area contributed by atoms with Crippen LogP contribution in [0.3, 0.4) is 0 Å². The van der Waals surface area contributed by atoms with E-state index in [-0.39, 0.29) is 18.4 Å². The Morgan fingerprint density at radius 2 is 1.64 bits per heavy atom. The fraction of sp³-hybridized carbons (Fsp3) is 0.263. The van der Waals surface area contributed by atoms with Gasteiger partial charge in [0.25, 0.3) is 5.91 Å². The smallest absolute Gasteiger partial charge is 0.255 e. The second-order valence-corrected chi connectivity index (χ2v) is 5.52. The molecule has 6 heteroatoms. The molecular weight excluding hydrogens is 318 g/mol. The van der Waals surface area contributed by atoms with Crippen molar-refractivity contribution in [3.8, 4) is 0 Å². The van der Waals surface area contributed by atoms with Crippen LogP contribution in [0, 0.1) is 6.92 Å².